The molecular weight excluding hydrogens is 128 g/mol. The summed E-state index contributed by atoms with van der Waals surface area (Å²) in [5.74, 6) is 0. The highest BCUT2D eigenvalue weighted by atomic mass is 35.5. The molecule has 0 rings (SSSR count). The van der Waals surface area contributed by atoms with Crippen molar-refractivity contribution in [3.05, 3.63) is 11.6 Å². The summed E-state index contributed by atoms with van der Waals surface area (Å²) in [5.41, 5.74) is 1.40. The van der Waals surface area contributed by atoms with E-state index in [1.165, 1.54) is 5.54 Å². The van der Waals surface area contributed by atoms with E-state index in [4.69, 9.17) is 11.6 Å². The van der Waals surface area contributed by atoms with Gasteiger partial charge in [-0.3, -0.25) is 4.79 Å². The SMILES string of the molecule is O=COCC/C=C/Cl. The van der Waals surface area contributed by atoms with E-state index in [2.05, 4.69) is 4.74 Å². The Hall–Kier alpha value is -0.500. The van der Waals surface area contributed by atoms with Gasteiger partial charge in [-0.15, -0.1) is 0 Å². The monoisotopic (exact) mass is 134 g/mol. The molecule has 0 fully saturated rings. The highest BCUT2D eigenvalue weighted by Gasteiger charge is 1.76. The van der Waals surface area contributed by atoms with Gasteiger partial charge in [0.15, 0.2) is 0 Å². The van der Waals surface area contributed by atoms with Gasteiger partial charge in [-0.1, -0.05) is 17.7 Å². The highest BCUT2D eigenvalue weighted by Crippen LogP contribution is 1.84. The Morgan fingerprint density at radius 3 is 2.88 bits per heavy atom. The van der Waals surface area contributed by atoms with Crippen molar-refractivity contribution in [3.8, 4) is 0 Å². The lowest BCUT2D eigenvalue weighted by Gasteiger charge is -1.88. The fraction of sp³-hybridized carbons (Fsp3) is 0.400. The molecule has 3 heteroatoms. The number of hydrogen-bond acceptors (Lipinski definition) is 2. The largest absolute Gasteiger partial charge is 0.468 e. The Kier molecular flexibility index (Phi) is 6.09. The molecule has 0 heterocycles. The smallest absolute Gasteiger partial charge is 0.293 e. The first-order valence-corrected chi connectivity index (χ1v) is 2.66. The van der Waals surface area contributed by atoms with Crippen molar-refractivity contribution in [1.82, 2.24) is 0 Å². The van der Waals surface area contributed by atoms with Crippen LogP contribution in [0.15, 0.2) is 11.6 Å². The number of ether oxygens (including phenoxy) is 1. The van der Waals surface area contributed by atoms with Crippen molar-refractivity contribution in [3.63, 3.8) is 0 Å². The summed E-state index contributed by atoms with van der Waals surface area (Å²) in [7, 11) is 0. The topological polar surface area (TPSA) is 26.3 Å². The first-order valence-electron chi connectivity index (χ1n) is 2.22. The second kappa shape index (κ2) is 6.50. The van der Waals surface area contributed by atoms with Crippen molar-refractivity contribution in [2.24, 2.45) is 0 Å². The van der Waals surface area contributed by atoms with Crippen LogP contribution in [0.1, 0.15) is 6.42 Å². The van der Waals surface area contributed by atoms with E-state index in [1.54, 1.807) is 6.08 Å². The molecule has 0 amide bonds. The number of hydrogen-bond donors (Lipinski definition) is 0. The minimum atomic E-state index is 0.409. The Morgan fingerprint density at radius 2 is 2.38 bits per heavy atom. The third kappa shape index (κ3) is 5.50. The Labute approximate surface area is 53.1 Å². The summed E-state index contributed by atoms with van der Waals surface area (Å²) >= 11 is 5.16. The third-order valence-corrected chi connectivity index (χ3v) is 0.738. The predicted molar refractivity (Wildman–Crippen MR) is 31.6 cm³/mol. The summed E-state index contributed by atoms with van der Waals surface area (Å²) < 4.78 is 4.35. The molecular formula is C5H7ClO2. The zero-order chi connectivity index (χ0) is 6.24. The molecule has 0 atom stereocenters. The molecule has 0 N–H and O–H groups in total. The normalized spacial score (nSPS) is 9.62. The predicted octanol–water partition coefficient (Wildman–Crippen LogP) is 1.30. The van der Waals surface area contributed by atoms with Gasteiger partial charge in [0, 0.05) is 12.0 Å². The molecule has 0 saturated heterocycles. The molecule has 2 nitrogen and oxygen atoms in total. The maximum absolute atomic E-state index is 9.49. The molecule has 8 heavy (non-hydrogen) atoms. The summed E-state index contributed by atoms with van der Waals surface area (Å²) in [6.45, 7) is 0.828. The molecule has 0 bridgehead atoms. The van der Waals surface area contributed by atoms with Gasteiger partial charge in [0.2, 0.25) is 0 Å². The molecule has 0 unspecified atom stereocenters. The van der Waals surface area contributed by atoms with E-state index >= 15 is 0 Å². The second-order valence-electron chi connectivity index (χ2n) is 1.12. The Bertz CT molecular complexity index is 80.5. The van der Waals surface area contributed by atoms with E-state index < -0.39 is 0 Å². The van der Waals surface area contributed by atoms with E-state index in [-0.39, 0.29) is 0 Å². The Morgan fingerprint density at radius 1 is 1.62 bits per heavy atom. The average Bonchev–Trinajstić information content (AvgIpc) is 1.81. The molecule has 0 aromatic rings. The first-order chi connectivity index (χ1) is 3.91. The van der Waals surface area contributed by atoms with Crippen molar-refractivity contribution < 1.29 is 9.53 Å². The maximum Gasteiger partial charge on any atom is 0.293 e. The third-order valence-electron chi connectivity index (χ3n) is 0.559. The lowest BCUT2D eigenvalue weighted by molar-refractivity contribution is -0.128. The number of halogens is 1. The van der Waals surface area contributed by atoms with Crippen molar-refractivity contribution in [2.75, 3.05) is 6.61 Å². The Balaban J connectivity index is 2.82. The number of carbonyl (C=O) groups is 1. The number of carbonyl (C=O) groups excluding carboxylic acids is 1. The van der Waals surface area contributed by atoms with Crippen molar-refractivity contribution >= 4 is 18.1 Å². The van der Waals surface area contributed by atoms with Gasteiger partial charge in [-0.2, -0.15) is 0 Å². The van der Waals surface area contributed by atoms with E-state index in [1.807, 2.05) is 0 Å². The lowest BCUT2D eigenvalue weighted by atomic mass is 10.5. The van der Waals surface area contributed by atoms with Gasteiger partial charge in [-0.25, -0.2) is 0 Å². The molecule has 0 radical (unpaired) electrons. The van der Waals surface area contributed by atoms with Crippen molar-refractivity contribution in [2.45, 2.75) is 6.42 Å². The molecule has 0 aliphatic carbocycles. The lowest BCUT2D eigenvalue weighted by Crippen LogP contribution is -1.87. The first kappa shape index (κ1) is 7.50. The van der Waals surface area contributed by atoms with Crippen LogP contribution < -0.4 is 0 Å². The van der Waals surface area contributed by atoms with Gasteiger partial charge in [0.05, 0.1) is 6.61 Å². The average molecular weight is 135 g/mol. The van der Waals surface area contributed by atoms with Gasteiger partial charge in [0.1, 0.15) is 0 Å². The van der Waals surface area contributed by atoms with Crippen LogP contribution in [0, 0.1) is 0 Å². The van der Waals surface area contributed by atoms with Crippen LogP contribution in [0.4, 0.5) is 0 Å². The van der Waals surface area contributed by atoms with Crippen molar-refractivity contribution in [1.29, 1.82) is 0 Å². The zero-order valence-electron chi connectivity index (χ0n) is 4.34. The zero-order valence-corrected chi connectivity index (χ0v) is 5.10. The summed E-state index contributed by atoms with van der Waals surface area (Å²) in [4.78, 5) is 9.49. The minimum Gasteiger partial charge on any atom is -0.468 e. The number of rotatable bonds is 4. The van der Waals surface area contributed by atoms with Crippen LogP contribution in [0.2, 0.25) is 0 Å². The summed E-state index contributed by atoms with van der Waals surface area (Å²) in [5, 5.41) is 0. The molecule has 0 aromatic heterocycles. The molecule has 0 aliphatic rings. The molecule has 0 aromatic carbocycles. The molecule has 0 aliphatic heterocycles. The van der Waals surface area contributed by atoms with Crippen LogP contribution in [-0.2, 0) is 9.53 Å². The minimum absolute atomic E-state index is 0.409. The fourth-order valence-corrected chi connectivity index (χ4v) is 0.373. The van der Waals surface area contributed by atoms with Crippen LogP contribution in [0.25, 0.3) is 0 Å². The van der Waals surface area contributed by atoms with Crippen LogP contribution in [0.3, 0.4) is 0 Å². The van der Waals surface area contributed by atoms with Crippen LogP contribution in [-0.4, -0.2) is 13.1 Å². The van der Waals surface area contributed by atoms with Gasteiger partial charge < -0.3 is 4.74 Å². The standard InChI is InChI=1S/C5H7ClO2/c6-3-1-2-4-8-5-7/h1,3,5H,2,4H2/b3-1+. The highest BCUT2D eigenvalue weighted by molar-refractivity contribution is 6.25. The van der Waals surface area contributed by atoms with E-state index in [0.29, 0.717) is 19.5 Å². The second-order valence-corrected chi connectivity index (χ2v) is 1.37. The summed E-state index contributed by atoms with van der Waals surface area (Å²) in [6.07, 6.45) is 2.40. The van der Waals surface area contributed by atoms with E-state index in [0.717, 1.165) is 0 Å². The van der Waals surface area contributed by atoms with Crippen LogP contribution in [0.5, 0.6) is 0 Å². The maximum atomic E-state index is 9.49. The van der Waals surface area contributed by atoms with Crippen LogP contribution >= 0.6 is 11.6 Å². The fourth-order valence-electron chi connectivity index (χ4n) is 0.247. The van der Waals surface area contributed by atoms with Gasteiger partial charge >= 0.3 is 0 Å². The van der Waals surface area contributed by atoms with E-state index in [9.17, 15) is 4.79 Å². The van der Waals surface area contributed by atoms with Gasteiger partial charge in [-0.05, 0) is 0 Å². The summed E-state index contributed by atoms with van der Waals surface area (Å²) in [6, 6.07) is 0. The molecule has 0 saturated carbocycles. The molecule has 46 valence electrons. The quantitative estimate of drug-likeness (QED) is 0.428. The van der Waals surface area contributed by atoms with Gasteiger partial charge in [0.25, 0.3) is 6.47 Å². The molecule has 0 spiro atoms.